The summed E-state index contributed by atoms with van der Waals surface area (Å²) in [5.74, 6) is 0. The Morgan fingerprint density at radius 1 is 0.373 bits per heavy atom. The van der Waals surface area contributed by atoms with E-state index in [4.69, 9.17) is 4.42 Å². The molecule has 0 saturated carbocycles. The Hall–Kier alpha value is -6.64. The molecule has 0 fully saturated rings. The topological polar surface area (TPSA) is 16.4 Å². The Bertz CT molecular complexity index is 2760. The van der Waals surface area contributed by atoms with Crippen molar-refractivity contribution in [2.24, 2.45) is 0 Å². The highest BCUT2D eigenvalue weighted by Gasteiger charge is 2.52. The molecule has 238 valence electrons. The third-order valence-corrected chi connectivity index (χ3v) is 11.1. The van der Waals surface area contributed by atoms with Crippen LogP contribution in [0.1, 0.15) is 22.3 Å². The van der Waals surface area contributed by atoms with Crippen LogP contribution in [-0.2, 0) is 5.41 Å². The number of furan rings is 1. The molecule has 0 bridgehead atoms. The average Bonchev–Trinajstić information content (AvgIpc) is 3.83. The van der Waals surface area contributed by atoms with Gasteiger partial charge in [-0.1, -0.05) is 152 Å². The fourth-order valence-corrected chi connectivity index (χ4v) is 9.08. The highest BCUT2D eigenvalue weighted by atomic mass is 16.3. The lowest BCUT2D eigenvalue weighted by atomic mass is 9.70. The van der Waals surface area contributed by atoms with Crippen molar-refractivity contribution in [3.63, 3.8) is 0 Å². The molecule has 0 saturated heterocycles. The largest absolute Gasteiger partial charge is 0.455 e. The second kappa shape index (κ2) is 10.7. The molecule has 2 aliphatic rings. The third kappa shape index (κ3) is 3.82. The summed E-state index contributed by atoms with van der Waals surface area (Å²) in [6, 6.07) is 68.4. The van der Waals surface area contributed by atoms with Crippen LogP contribution in [0.15, 0.2) is 192 Å². The van der Waals surface area contributed by atoms with Crippen LogP contribution in [-0.4, -0.2) is 0 Å². The van der Waals surface area contributed by atoms with Crippen molar-refractivity contribution >= 4 is 39.0 Å². The molecule has 0 unspecified atom stereocenters. The molecule has 51 heavy (non-hydrogen) atoms. The van der Waals surface area contributed by atoms with E-state index in [0.29, 0.717) is 0 Å². The molecule has 0 atom stereocenters. The van der Waals surface area contributed by atoms with Gasteiger partial charge >= 0.3 is 0 Å². The fourth-order valence-electron chi connectivity index (χ4n) is 9.08. The van der Waals surface area contributed by atoms with Crippen molar-refractivity contribution in [1.82, 2.24) is 0 Å². The summed E-state index contributed by atoms with van der Waals surface area (Å²) < 4.78 is 6.42. The molecule has 0 amide bonds. The van der Waals surface area contributed by atoms with Crippen LogP contribution in [0, 0.1) is 0 Å². The second-order valence-corrected chi connectivity index (χ2v) is 13.6. The summed E-state index contributed by atoms with van der Waals surface area (Å²) in [6.45, 7) is 0. The molecule has 1 heterocycles. The van der Waals surface area contributed by atoms with E-state index in [1.807, 2.05) is 12.1 Å². The van der Waals surface area contributed by atoms with Gasteiger partial charge in [0.15, 0.2) is 0 Å². The van der Waals surface area contributed by atoms with Crippen LogP contribution in [0.4, 0.5) is 17.1 Å². The number of fused-ring (bicyclic) bond motifs is 13. The monoisotopic (exact) mass is 649 g/mol. The minimum atomic E-state index is -0.396. The van der Waals surface area contributed by atoms with Crippen molar-refractivity contribution in [2.45, 2.75) is 5.41 Å². The predicted octanol–water partition coefficient (Wildman–Crippen LogP) is 13.1. The van der Waals surface area contributed by atoms with E-state index in [0.717, 1.165) is 50.1 Å². The summed E-state index contributed by atoms with van der Waals surface area (Å²) in [7, 11) is 0. The average molecular weight is 650 g/mol. The summed E-state index contributed by atoms with van der Waals surface area (Å²) in [5.41, 5.74) is 17.6. The van der Waals surface area contributed by atoms with Gasteiger partial charge in [0, 0.05) is 33.3 Å². The normalized spacial score (nSPS) is 13.3. The first kappa shape index (κ1) is 28.2. The van der Waals surface area contributed by atoms with Crippen LogP contribution in [0.25, 0.3) is 55.3 Å². The molecular weight excluding hydrogens is 619 g/mol. The predicted molar refractivity (Wildman–Crippen MR) is 210 cm³/mol. The van der Waals surface area contributed by atoms with Crippen LogP contribution < -0.4 is 4.90 Å². The summed E-state index contributed by atoms with van der Waals surface area (Å²) in [4.78, 5) is 2.42. The number of rotatable bonds is 4. The second-order valence-electron chi connectivity index (χ2n) is 13.6. The zero-order valence-electron chi connectivity index (χ0n) is 27.8. The fraction of sp³-hybridized carbons (Fsp3) is 0.0204. The lowest BCUT2D eigenvalue weighted by molar-refractivity contribution is 0.670. The lowest BCUT2D eigenvalue weighted by Gasteiger charge is -2.31. The van der Waals surface area contributed by atoms with Gasteiger partial charge in [-0.15, -0.1) is 0 Å². The maximum Gasteiger partial charge on any atom is 0.143 e. The molecule has 2 aliphatic carbocycles. The Morgan fingerprint density at radius 3 is 1.65 bits per heavy atom. The molecule has 11 rings (SSSR count). The van der Waals surface area contributed by atoms with E-state index in [-0.39, 0.29) is 0 Å². The maximum atomic E-state index is 6.42. The first-order valence-electron chi connectivity index (χ1n) is 17.6. The van der Waals surface area contributed by atoms with Crippen molar-refractivity contribution in [3.05, 3.63) is 210 Å². The number of anilines is 3. The quantitative estimate of drug-likeness (QED) is 0.189. The van der Waals surface area contributed by atoms with E-state index in [9.17, 15) is 0 Å². The smallest absolute Gasteiger partial charge is 0.143 e. The number of hydrogen-bond donors (Lipinski definition) is 0. The van der Waals surface area contributed by atoms with Gasteiger partial charge in [0.05, 0.1) is 11.1 Å². The Kier molecular flexibility index (Phi) is 5.91. The number of benzene rings is 8. The number of nitrogens with zero attached hydrogens (tertiary/aromatic N) is 1. The van der Waals surface area contributed by atoms with E-state index >= 15 is 0 Å². The first-order chi connectivity index (χ1) is 25.3. The highest BCUT2D eigenvalue weighted by Crippen LogP contribution is 2.64. The Balaban J connectivity index is 1.13. The van der Waals surface area contributed by atoms with E-state index < -0.39 is 5.41 Å². The van der Waals surface area contributed by atoms with Gasteiger partial charge in [0.2, 0.25) is 0 Å². The molecule has 8 aromatic carbocycles. The number of para-hydroxylation sites is 3. The van der Waals surface area contributed by atoms with Crippen molar-refractivity contribution in [2.75, 3.05) is 4.90 Å². The minimum absolute atomic E-state index is 0.396. The molecule has 0 N–H and O–H groups in total. The van der Waals surface area contributed by atoms with Gasteiger partial charge < -0.3 is 9.32 Å². The van der Waals surface area contributed by atoms with Crippen molar-refractivity contribution in [3.8, 4) is 33.4 Å². The molecule has 0 radical (unpaired) electrons. The van der Waals surface area contributed by atoms with Crippen LogP contribution in [0.3, 0.4) is 0 Å². The van der Waals surface area contributed by atoms with Crippen molar-refractivity contribution in [1.29, 1.82) is 0 Å². The minimum Gasteiger partial charge on any atom is -0.455 e. The standard InChI is InChI=1S/C49H31NO/c1-2-14-33(15-3-1)50(34-30-28-32(29-31-34)35-20-12-21-39-38-18-7-11-27-46(38)51-48(35)39)45-26-13-25-44-47(45)40-19-6-10-24-43(40)49(44)41-22-8-4-16-36(41)37-17-5-9-23-42(37)49/h1-31H. The van der Waals surface area contributed by atoms with E-state index in [1.54, 1.807) is 0 Å². The van der Waals surface area contributed by atoms with Gasteiger partial charge in [0.25, 0.3) is 0 Å². The number of hydrogen-bond acceptors (Lipinski definition) is 2. The van der Waals surface area contributed by atoms with Gasteiger partial charge in [-0.25, -0.2) is 0 Å². The molecular formula is C49H31NO. The van der Waals surface area contributed by atoms with Gasteiger partial charge in [-0.3, -0.25) is 0 Å². The Morgan fingerprint density at radius 2 is 0.902 bits per heavy atom. The van der Waals surface area contributed by atoms with Crippen LogP contribution in [0.5, 0.6) is 0 Å². The molecule has 1 spiro atoms. The third-order valence-electron chi connectivity index (χ3n) is 11.1. The molecule has 1 aromatic heterocycles. The van der Waals surface area contributed by atoms with Crippen LogP contribution >= 0.6 is 0 Å². The molecule has 2 heteroatoms. The molecule has 0 aliphatic heterocycles. The summed E-state index contributed by atoms with van der Waals surface area (Å²) in [6.07, 6.45) is 0. The van der Waals surface area contributed by atoms with Gasteiger partial charge in [-0.2, -0.15) is 0 Å². The van der Waals surface area contributed by atoms with Gasteiger partial charge in [-0.05, 0) is 80.9 Å². The van der Waals surface area contributed by atoms with E-state index in [2.05, 4.69) is 181 Å². The van der Waals surface area contributed by atoms with E-state index in [1.165, 1.54) is 44.5 Å². The SMILES string of the molecule is c1ccc(N(c2ccc(-c3cccc4c3oc3ccccc34)cc2)c2cccc3c2-c2ccccc2C32c3ccccc3-c3ccccc32)cc1. The van der Waals surface area contributed by atoms with Crippen molar-refractivity contribution < 1.29 is 4.42 Å². The summed E-state index contributed by atoms with van der Waals surface area (Å²) >= 11 is 0. The Labute approximate surface area is 296 Å². The molecule has 2 nitrogen and oxygen atoms in total. The molecule has 9 aromatic rings. The van der Waals surface area contributed by atoms with Gasteiger partial charge in [0.1, 0.15) is 11.2 Å². The highest BCUT2D eigenvalue weighted by molar-refractivity contribution is 6.09. The maximum absolute atomic E-state index is 6.42. The zero-order valence-corrected chi connectivity index (χ0v) is 27.8. The van der Waals surface area contributed by atoms with Crippen LogP contribution in [0.2, 0.25) is 0 Å². The zero-order chi connectivity index (χ0) is 33.5. The first-order valence-corrected chi connectivity index (χ1v) is 17.6. The lowest BCUT2D eigenvalue weighted by Crippen LogP contribution is -2.26. The summed E-state index contributed by atoms with van der Waals surface area (Å²) in [5, 5.41) is 2.28.